The zero-order valence-electron chi connectivity index (χ0n) is 35.2. The summed E-state index contributed by atoms with van der Waals surface area (Å²) < 4.78 is 23.0. The highest BCUT2D eigenvalue weighted by molar-refractivity contribution is 5.69. The maximum atomic E-state index is 12.5. The molecule has 0 amide bonds. The third-order valence-electron chi connectivity index (χ3n) is 9.82. The van der Waals surface area contributed by atoms with Gasteiger partial charge in [0.05, 0.1) is 19.6 Å². The molecule has 0 spiro atoms. The molecule has 0 aliphatic rings. The fourth-order valence-corrected chi connectivity index (χ4v) is 6.39. The summed E-state index contributed by atoms with van der Waals surface area (Å²) in [6, 6.07) is 0. The van der Waals surface area contributed by atoms with E-state index < -0.39 is 0 Å². The van der Waals surface area contributed by atoms with Gasteiger partial charge in [-0.1, -0.05) is 148 Å². The number of rotatable bonds is 43. The lowest BCUT2D eigenvalue weighted by Gasteiger charge is -2.21. The second kappa shape index (κ2) is 43.3. The Labute approximate surface area is 327 Å². The molecular weight excluding hydrogens is 666 g/mol. The van der Waals surface area contributed by atoms with Gasteiger partial charge in [-0.3, -0.25) is 9.59 Å². The summed E-state index contributed by atoms with van der Waals surface area (Å²) >= 11 is 0. The summed E-state index contributed by atoms with van der Waals surface area (Å²) in [6.45, 7) is 11.8. The van der Waals surface area contributed by atoms with E-state index in [9.17, 15) is 14.7 Å². The molecule has 0 heterocycles. The molecule has 53 heavy (non-hydrogen) atoms. The maximum Gasteiger partial charge on any atom is 0.306 e. The van der Waals surface area contributed by atoms with Crippen molar-refractivity contribution in [3.8, 4) is 0 Å². The highest BCUT2D eigenvalue weighted by Crippen LogP contribution is 2.13. The van der Waals surface area contributed by atoms with Crippen LogP contribution < -0.4 is 0 Å². The summed E-state index contributed by atoms with van der Waals surface area (Å²) in [5.74, 6) is -0.253. The van der Waals surface area contributed by atoms with Gasteiger partial charge in [0.1, 0.15) is 6.61 Å². The molecule has 0 aliphatic carbocycles. The lowest BCUT2D eigenvalue weighted by atomic mass is 10.1. The Bertz CT molecular complexity index is 775. The van der Waals surface area contributed by atoms with Crippen LogP contribution in [0.15, 0.2) is 12.2 Å². The fourth-order valence-electron chi connectivity index (χ4n) is 6.39. The van der Waals surface area contributed by atoms with E-state index in [0.717, 1.165) is 90.1 Å². The summed E-state index contributed by atoms with van der Waals surface area (Å²) in [5.41, 5.74) is 0. The molecule has 314 valence electrons. The third-order valence-corrected chi connectivity index (χ3v) is 9.82. The van der Waals surface area contributed by atoms with Crippen molar-refractivity contribution in [3.05, 3.63) is 12.2 Å². The molecule has 0 aromatic carbocycles. The number of carbonyl (C=O) groups is 2. The van der Waals surface area contributed by atoms with E-state index in [1.165, 1.54) is 89.9 Å². The van der Waals surface area contributed by atoms with Crippen molar-refractivity contribution in [2.24, 2.45) is 0 Å². The number of hydrogen-bond acceptors (Lipinski definition) is 8. The van der Waals surface area contributed by atoms with E-state index in [1.807, 2.05) is 6.08 Å². The first-order valence-corrected chi connectivity index (χ1v) is 22.6. The first-order chi connectivity index (χ1) is 26.1. The van der Waals surface area contributed by atoms with Gasteiger partial charge in [-0.25, -0.2) is 0 Å². The second-order valence-electron chi connectivity index (χ2n) is 15.0. The molecule has 0 aliphatic heterocycles. The van der Waals surface area contributed by atoms with Crippen molar-refractivity contribution in [1.82, 2.24) is 4.90 Å². The Morgan fingerprint density at radius 3 is 1.55 bits per heavy atom. The topological polar surface area (TPSA) is 94.5 Å². The lowest BCUT2D eigenvalue weighted by Crippen LogP contribution is -2.29. The van der Waals surface area contributed by atoms with Gasteiger partial charge in [-0.2, -0.15) is 0 Å². The Kier molecular flexibility index (Phi) is 42.0. The number of nitrogens with zero attached hydrogens (tertiary/aromatic N) is 1. The molecule has 0 rings (SSSR count). The molecule has 0 aromatic heterocycles. The number of ether oxygens (including phenoxy) is 4. The highest BCUT2D eigenvalue weighted by atomic mass is 16.7. The lowest BCUT2D eigenvalue weighted by molar-refractivity contribution is -0.159. The molecule has 0 fully saturated rings. The largest absolute Gasteiger partial charge is 0.466 e. The van der Waals surface area contributed by atoms with E-state index >= 15 is 0 Å². The van der Waals surface area contributed by atoms with E-state index in [1.54, 1.807) is 0 Å². The number of allylic oxidation sites excluding steroid dienone is 1. The fraction of sp³-hybridized carbons (Fsp3) is 0.911. The van der Waals surface area contributed by atoms with E-state index in [4.69, 9.17) is 18.9 Å². The van der Waals surface area contributed by atoms with Crippen LogP contribution in [0.5, 0.6) is 0 Å². The van der Waals surface area contributed by atoms with E-state index in [2.05, 4.69) is 31.7 Å². The minimum absolute atomic E-state index is 0.0926. The predicted octanol–water partition coefficient (Wildman–Crippen LogP) is 11.7. The Hall–Kier alpha value is -1.48. The minimum Gasteiger partial charge on any atom is -0.466 e. The molecule has 8 heteroatoms. The van der Waals surface area contributed by atoms with Crippen molar-refractivity contribution in [2.45, 2.75) is 213 Å². The quantitative estimate of drug-likeness (QED) is 0.0285. The Morgan fingerprint density at radius 1 is 0.509 bits per heavy atom. The van der Waals surface area contributed by atoms with E-state index in [0.29, 0.717) is 52.2 Å². The highest BCUT2D eigenvalue weighted by Gasteiger charge is 2.14. The number of unbranched alkanes of at least 4 members (excludes halogenated alkanes) is 21. The first-order valence-electron chi connectivity index (χ1n) is 22.6. The minimum atomic E-state index is -0.325. The molecule has 0 aromatic rings. The third kappa shape index (κ3) is 40.0. The van der Waals surface area contributed by atoms with Crippen LogP contribution in [0.25, 0.3) is 0 Å². The standard InChI is InChI=1S/C45H87NO7/c1-4-7-10-13-16-23-28-39-50-43(48)32-25-18-17-19-26-35-46(37-38-47)36-27-20-24-29-40-51-44(49)33-34-45(52-41-30-21-14-11-8-5-2)53-42-31-22-15-12-9-6-3/h23,28,45,47H,4-22,24-27,29-42H2,1-3H3/b28-23+. The molecule has 0 atom stereocenters. The van der Waals surface area contributed by atoms with Gasteiger partial charge in [0.15, 0.2) is 6.29 Å². The Balaban J connectivity index is 3.99. The van der Waals surface area contributed by atoms with Crippen molar-refractivity contribution in [2.75, 3.05) is 52.7 Å². The molecule has 0 radical (unpaired) electrons. The van der Waals surface area contributed by atoms with Gasteiger partial charge in [0, 0.05) is 32.6 Å². The number of esters is 2. The molecule has 8 nitrogen and oxygen atoms in total. The molecule has 0 bridgehead atoms. The number of aliphatic hydroxyl groups is 1. The first kappa shape index (κ1) is 51.5. The zero-order valence-corrected chi connectivity index (χ0v) is 35.2. The number of hydrogen-bond donors (Lipinski definition) is 1. The monoisotopic (exact) mass is 754 g/mol. The summed E-state index contributed by atoms with van der Waals surface area (Å²) in [4.78, 5) is 26.8. The molecule has 1 N–H and O–H groups in total. The second-order valence-corrected chi connectivity index (χ2v) is 15.0. The SMILES string of the molecule is CCCCCC/C=C/COC(=O)CCCCCCCN(CCO)CCCCCCOC(=O)CCC(OCCCCCCCC)OCCCCCCCC. The van der Waals surface area contributed by atoms with Crippen LogP contribution in [0.2, 0.25) is 0 Å². The normalized spacial score (nSPS) is 11.7. The van der Waals surface area contributed by atoms with Gasteiger partial charge >= 0.3 is 11.9 Å². The predicted molar refractivity (Wildman–Crippen MR) is 221 cm³/mol. The summed E-state index contributed by atoms with van der Waals surface area (Å²) in [6.07, 6.45) is 35.3. The summed E-state index contributed by atoms with van der Waals surface area (Å²) in [5, 5.41) is 9.53. The molecular formula is C45H87NO7. The molecule has 0 saturated heterocycles. The molecule has 0 saturated carbocycles. The van der Waals surface area contributed by atoms with Gasteiger partial charge in [-0.05, 0) is 64.5 Å². The van der Waals surface area contributed by atoms with Crippen LogP contribution in [0.4, 0.5) is 0 Å². The smallest absolute Gasteiger partial charge is 0.306 e. The average molecular weight is 754 g/mol. The maximum absolute atomic E-state index is 12.5. The number of aliphatic hydroxyl groups excluding tert-OH is 1. The average Bonchev–Trinajstić information content (AvgIpc) is 3.15. The molecule has 0 unspecified atom stereocenters. The van der Waals surface area contributed by atoms with Crippen LogP contribution in [0.3, 0.4) is 0 Å². The van der Waals surface area contributed by atoms with Crippen LogP contribution in [0.1, 0.15) is 207 Å². The van der Waals surface area contributed by atoms with E-state index in [-0.39, 0.29) is 24.8 Å². The summed E-state index contributed by atoms with van der Waals surface area (Å²) in [7, 11) is 0. The Morgan fingerprint density at radius 2 is 0.981 bits per heavy atom. The van der Waals surface area contributed by atoms with Crippen LogP contribution >= 0.6 is 0 Å². The van der Waals surface area contributed by atoms with Crippen molar-refractivity contribution >= 4 is 11.9 Å². The van der Waals surface area contributed by atoms with Crippen molar-refractivity contribution < 1.29 is 33.6 Å². The number of carbonyl (C=O) groups excluding carboxylic acids is 2. The van der Waals surface area contributed by atoms with Gasteiger partial charge in [0.2, 0.25) is 0 Å². The zero-order chi connectivity index (χ0) is 38.7. The van der Waals surface area contributed by atoms with Crippen LogP contribution in [-0.2, 0) is 28.5 Å². The van der Waals surface area contributed by atoms with Crippen LogP contribution in [0, 0.1) is 0 Å². The van der Waals surface area contributed by atoms with Crippen molar-refractivity contribution in [1.29, 1.82) is 0 Å². The van der Waals surface area contributed by atoms with Crippen LogP contribution in [-0.4, -0.2) is 80.9 Å². The van der Waals surface area contributed by atoms with Gasteiger partial charge in [-0.15, -0.1) is 0 Å². The van der Waals surface area contributed by atoms with Crippen molar-refractivity contribution in [3.63, 3.8) is 0 Å². The van der Waals surface area contributed by atoms with Gasteiger partial charge in [0.25, 0.3) is 0 Å². The van der Waals surface area contributed by atoms with Gasteiger partial charge < -0.3 is 29.0 Å².